The SMILES string of the molecule is CC(F)S(=O)(=O)Nc1ccncc1. The van der Waals surface area contributed by atoms with E-state index in [0.29, 0.717) is 5.69 Å². The Hall–Kier alpha value is -1.17. The topological polar surface area (TPSA) is 59.1 Å². The number of nitrogens with one attached hydrogen (secondary N) is 1. The second kappa shape index (κ2) is 3.69. The lowest BCUT2D eigenvalue weighted by molar-refractivity contribution is 0.446. The second-order valence-corrected chi connectivity index (χ2v) is 4.37. The molecule has 0 aliphatic heterocycles. The van der Waals surface area contributed by atoms with Gasteiger partial charge in [0.15, 0.2) is 0 Å². The van der Waals surface area contributed by atoms with Crippen LogP contribution in [0.1, 0.15) is 6.92 Å². The number of hydrogen-bond acceptors (Lipinski definition) is 3. The van der Waals surface area contributed by atoms with Crippen LogP contribution in [0.3, 0.4) is 0 Å². The third-order valence-electron chi connectivity index (χ3n) is 1.37. The number of halogens is 1. The second-order valence-electron chi connectivity index (χ2n) is 2.43. The maximum atomic E-state index is 12.5. The van der Waals surface area contributed by atoms with E-state index in [9.17, 15) is 12.8 Å². The van der Waals surface area contributed by atoms with Gasteiger partial charge >= 0.3 is 0 Å². The van der Waals surface area contributed by atoms with Crippen molar-refractivity contribution in [2.75, 3.05) is 4.72 Å². The van der Waals surface area contributed by atoms with Crippen molar-refractivity contribution in [3.8, 4) is 0 Å². The van der Waals surface area contributed by atoms with Gasteiger partial charge in [-0.1, -0.05) is 0 Å². The maximum absolute atomic E-state index is 12.5. The van der Waals surface area contributed by atoms with Gasteiger partial charge in [0.1, 0.15) is 0 Å². The van der Waals surface area contributed by atoms with Crippen LogP contribution in [-0.2, 0) is 10.0 Å². The minimum Gasteiger partial charge on any atom is -0.281 e. The van der Waals surface area contributed by atoms with E-state index in [1.165, 1.54) is 24.5 Å². The van der Waals surface area contributed by atoms with Crippen molar-refractivity contribution >= 4 is 15.7 Å². The third kappa shape index (κ3) is 2.66. The fraction of sp³-hybridized carbons (Fsp3) is 0.286. The highest BCUT2D eigenvalue weighted by molar-refractivity contribution is 7.93. The van der Waals surface area contributed by atoms with Crippen LogP contribution in [0, 0.1) is 0 Å². The van der Waals surface area contributed by atoms with Gasteiger partial charge in [-0.05, 0) is 19.1 Å². The number of aromatic nitrogens is 1. The van der Waals surface area contributed by atoms with Gasteiger partial charge in [0.25, 0.3) is 10.0 Å². The summed E-state index contributed by atoms with van der Waals surface area (Å²) < 4.78 is 36.6. The van der Waals surface area contributed by atoms with E-state index >= 15 is 0 Å². The Balaban J connectivity index is 2.82. The van der Waals surface area contributed by atoms with Crippen molar-refractivity contribution in [3.63, 3.8) is 0 Å². The zero-order chi connectivity index (χ0) is 9.90. The van der Waals surface area contributed by atoms with E-state index in [1.807, 2.05) is 0 Å². The van der Waals surface area contributed by atoms with Crippen LogP contribution in [0.2, 0.25) is 0 Å². The van der Waals surface area contributed by atoms with Gasteiger partial charge in [-0.3, -0.25) is 9.71 Å². The zero-order valence-corrected chi connectivity index (χ0v) is 7.75. The molecule has 0 radical (unpaired) electrons. The van der Waals surface area contributed by atoms with Crippen LogP contribution in [0.5, 0.6) is 0 Å². The van der Waals surface area contributed by atoms with Gasteiger partial charge in [-0.15, -0.1) is 0 Å². The van der Waals surface area contributed by atoms with Gasteiger partial charge in [-0.2, -0.15) is 0 Å². The molecule has 72 valence electrons. The Morgan fingerprint density at radius 3 is 2.46 bits per heavy atom. The molecule has 1 aromatic rings. The molecule has 1 N–H and O–H groups in total. The minimum atomic E-state index is -3.90. The summed E-state index contributed by atoms with van der Waals surface area (Å²) in [6.07, 6.45) is 2.83. The van der Waals surface area contributed by atoms with Crippen molar-refractivity contribution in [3.05, 3.63) is 24.5 Å². The van der Waals surface area contributed by atoms with Crippen molar-refractivity contribution in [2.45, 2.75) is 12.4 Å². The zero-order valence-electron chi connectivity index (χ0n) is 6.94. The summed E-state index contributed by atoms with van der Waals surface area (Å²) in [6, 6.07) is 2.89. The molecule has 1 unspecified atom stereocenters. The van der Waals surface area contributed by atoms with E-state index in [-0.39, 0.29) is 0 Å². The van der Waals surface area contributed by atoms with Crippen LogP contribution in [0.15, 0.2) is 24.5 Å². The molecular formula is C7H9FN2O2S. The average molecular weight is 204 g/mol. The summed E-state index contributed by atoms with van der Waals surface area (Å²) in [5.41, 5.74) is -1.62. The smallest absolute Gasteiger partial charge is 0.264 e. The molecule has 13 heavy (non-hydrogen) atoms. The van der Waals surface area contributed by atoms with Gasteiger partial charge in [-0.25, -0.2) is 12.8 Å². The van der Waals surface area contributed by atoms with E-state index in [2.05, 4.69) is 9.71 Å². The van der Waals surface area contributed by atoms with Crippen LogP contribution in [0.25, 0.3) is 0 Å². The molecular weight excluding hydrogens is 195 g/mol. The number of hydrogen-bond donors (Lipinski definition) is 1. The monoisotopic (exact) mass is 204 g/mol. The van der Waals surface area contributed by atoms with Crippen molar-refractivity contribution in [1.29, 1.82) is 0 Å². The number of rotatable bonds is 3. The molecule has 4 nitrogen and oxygen atoms in total. The Bertz CT molecular complexity index is 363. The highest BCUT2D eigenvalue weighted by Crippen LogP contribution is 2.10. The molecule has 0 fully saturated rings. The highest BCUT2D eigenvalue weighted by Gasteiger charge is 2.18. The molecule has 0 spiro atoms. The lowest BCUT2D eigenvalue weighted by Crippen LogP contribution is -2.21. The first-order valence-corrected chi connectivity index (χ1v) is 5.13. The molecule has 0 aliphatic rings. The van der Waals surface area contributed by atoms with Gasteiger partial charge in [0, 0.05) is 12.4 Å². The molecule has 0 amide bonds. The minimum absolute atomic E-state index is 0.305. The van der Waals surface area contributed by atoms with Crippen LogP contribution < -0.4 is 4.72 Å². The van der Waals surface area contributed by atoms with Crippen molar-refractivity contribution in [1.82, 2.24) is 4.98 Å². The average Bonchev–Trinajstić information content (AvgIpc) is 2.05. The number of sulfonamides is 1. The van der Waals surface area contributed by atoms with Crippen molar-refractivity contribution < 1.29 is 12.8 Å². The third-order valence-corrected chi connectivity index (χ3v) is 2.74. The van der Waals surface area contributed by atoms with E-state index < -0.39 is 15.5 Å². The van der Waals surface area contributed by atoms with E-state index in [1.54, 1.807) is 0 Å². The number of anilines is 1. The summed E-state index contributed by atoms with van der Waals surface area (Å²) in [4.78, 5) is 3.69. The quantitative estimate of drug-likeness (QED) is 0.803. The van der Waals surface area contributed by atoms with E-state index in [0.717, 1.165) is 6.92 Å². The predicted molar refractivity (Wildman–Crippen MR) is 47.3 cm³/mol. The molecule has 1 rings (SSSR count). The normalized spacial score (nSPS) is 13.7. The van der Waals surface area contributed by atoms with E-state index in [4.69, 9.17) is 0 Å². The Morgan fingerprint density at radius 2 is 2.00 bits per heavy atom. The number of nitrogens with zero attached hydrogens (tertiary/aromatic N) is 1. The molecule has 0 aliphatic carbocycles. The molecule has 6 heteroatoms. The Morgan fingerprint density at radius 1 is 1.46 bits per heavy atom. The highest BCUT2D eigenvalue weighted by atomic mass is 32.2. The first kappa shape index (κ1) is 9.91. The Kier molecular flexibility index (Phi) is 2.82. The summed E-state index contributed by atoms with van der Waals surface area (Å²) >= 11 is 0. The van der Waals surface area contributed by atoms with Gasteiger partial charge in [0.05, 0.1) is 5.69 Å². The fourth-order valence-electron chi connectivity index (χ4n) is 0.665. The fourth-order valence-corrected chi connectivity index (χ4v) is 1.29. The largest absolute Gasteiger partial charge is 0.281 e. The number of pyridine rings is 1. The molecule has 1 heterocycles. The maximum Gasteiger partial charge on any atom is 0.264 e. The lowest BCUT2D eigenvalue weighted by Gasteiger charge is -2.07. The summed E-state index contributed by atoms with van der Waals surface area (Å²) in [7, 11) is -3.90. The van der Waals surface area contributed by atoms with Crippen LogP contribution >= 0.6 is 0 Å². The van der Waals surface area contributed by atoms with Crippen molar-refractivity contribution in [2.24, 2.45) is 0 Å². The molecule has 1 aromatic heterocycles. The first-order chi connectivity index (χ1) is 6.02. The summed E-state index contributed by atoms with van der Waals surface area (Å²) in [5.74, 6) is 0. The van der Waals surface area contributed by atoms with Crippen LogP contribution in [0.4, 0.5) is 10.1 Å². The molecule has 0 aromatic carbocycles. The molecule has 1 atom stereocenters. The molecule has 0 saturated heterocycles. The standard InChI is InChI=1S/C7H9FN2O2S/c1-6(8)13(11,12)10-7-2-4-9-5-3-7/h2-6H,1H3,(H,9,10). The summed E-state index contributed by atoms with van der Waals surface area (Å²) in [6.45, 7) is 0.962. The van der Waals surface area contributed by atoms with Gasteiger partial charge < -0.3 is 0 Å². The Labute approximate surface area is 75.9 Å². The number of alkyl halides is 1. The van der Waals surface area contributed by atoms with Gasteiger partial charge in [0.2, 0.25) is 5.50 Å². The van der Waals surface area contributed by atoms with Crippen LogP contribution in [-0.4, -0.2) is 18.9 Å². The predicted octanol–water partition coefficient (Wildman–Crippen LogP) is 1.14. The molecule has 0 bridgehead atoms. The summed E-state index contributed by atoms with van der Waals surface area (Å²) in [5, 5.41) is 0. The molecule has 0 saturated carbocycles. The lowest BCUT2D eigenvalue weighted by atomic mass is 10.4. The first-order valence-electron chi connectivity index (χ1n) is 3.58.